The molecule has 0 heterocycles. The van der Waals surface area contributed by atoms with Crippen LogP contribution in [0.15, 0.2) is 54.6 Å². The van der Waals surface area contributed by atoms with E-state index in [0.717, 1.165) is 16.7 Å². The first-order valence-electron chi connectivity index (χ1n) is 5.36. The van der Waals surface area contributed by atoms with Crippen molar-refractivity contribution < 1.29 is 4.79 Å². The summed E-state index contributed by atoms with van der Waals surface area (Å²) in [5, 5.41) is 8.97. The molecule has 0 aromatic heterocycles. The van der Waals surface area contributed by atoms with Crippen molar-refractivity contribution >= 4 is 6.29 Å². The number of hydrogen-bond donors (Lipinski definition) is 0. The number of nitriles is 1. The second-order valence-electron chi connectivity index (χ2n) is 3.70. The van der Waals surface area contributed by atoms with Crippen LogP contribution >= 0.6 is 0 Å². The largest absolute Gasteiger partial charge is 0.302 e. The summed E-state index contributed by atoms with van der Waals surface area (Å²) < 4.78 is 0. The fourth-order valence-corrected chi connectivity index (χ4v) is 1.82. The Kier molecular flexibility index (Phi) is 3.32. The molecule has 0 saturated heterocycles. The Labute approximate surface area is 100 Å². The van der Waals surface area contributed by atoms with Gasteiger partial charge in [0, 0.05) is 0 Å². The second kappa shape index (κ2) is 5.09. The van der Waals surface area contributed by atoms with Gasteiger partial charge in [-0.3, -0.25) is 0 Å². The van der Waals surface area contributed by atoms with E-state index in [1.165, 1.54) is 0 Å². The maximum absolute atomic E-state index is 10.9. The third-order valence-corrected chi connectivity index (χ3v) is 2.66. The molecule has 0 fully saturated rings. The first-order chi connectivity index (χ1) is 8.36. The summed E-state index contributed by atoms with van der Waals surface area (Å²) in [6, 6.07) is 19.3. The molecule has 2 rings (SSSR count). The lowest BCUT2D eigenvalue weighted by atomic mass is 9.92. The van der Waals surface area contributed by atoms with E-state index in [0.29, 0.717) is 6.29 Å². The number of rotatable bonds is 3. The van der Waals surface area contributed by atoms with E-state index >= 15 is 0 Å². The summed E-state index contributed by atoms with van der Waals surface area (Å²) >= 11 is 0. The lowest BCUT2D eigenvalue weighted by Gasteiger charge is -2.10. The van der Waals surface area contributed by atoms with Crippen LogP contribution in [0.5, 0.6) is 0 Å². The van der Waals surface area contributed by atoms with Crippen LogP contribution in [0.4, 0.5) is 0 Å². The Morgan fingerprint density at radius 1 is 1.00 bits per heavy atom. The fraction of sp³-hybridized carbons (Fsp3) is 0.0667. The van der Waals surface area contributed by atoms with Crippen LogP contribution in [0, 0.1) is 11.3 Å². The lowest BCUT2D eigenvalue weighted by molar-refractivity contribution is -0.108. The highest BCUT2D eigenvalue weighted by atomic mass is 16.1. The molecular formula is C15H11NO. The summed E-state index contributed by atoms with van der Waals surface area (Å²) in [6.45, 7) is 0. The molecule has 82 valence electrons. The molecule has 0 radical (unpaired) electrons. The van der Waals surface area contributed by atoms with Crippen LogP contribution in [0.2, 0.25) is 0 Å². The first-order valence-corrected chi connectivity index (χ1v) is 5.36. The highest BCUT2D eigenvalue weighted by Crippen LogP contribution is 2.27. The number of nitrogens with zero attached hydrogens (tertiary/aromatic N) is 1. The molecule has 2 nitrogen and oxygen atoms in total. The number of benzene rings is 2. The van der Waals surface area contributed by atoms with Gasteiger partial charge in [-0.15, -0.1) is 0 Å². The zero-order valence-corrected chi connectivity index (χ0v) is 9.21. The highest BCUT2D eigenvalue weighted by Gasteiger charge is 2.13. The third kappa shape index (κ3) is 2.24. The zero-order chi connectivity index (χ0) is 12.1. The predicted molar refractivity (Wildman–Crippen MR) is 66.3 cm³/mol. The van der Waals surface area contributed by atoms with E-state index < -0.39 is 5.92 Å². The minimum absolute atomic E-state index is 0.682. The van der Waals surface area contributed by atoms with Crippen molar-refractivity contribution in [3.05, 3.63) is 60.2 Å². The number of hydrogen-bond acceptors (Lipinski definition) is 2. The molecule has 0 bridgehead atoms. The Bertz CT molecular complexity index is 555. The molecule has 0 aliphatic heterocycles. The molecule has 0 spiro atoms. The standard InChI is InChI=1S/C15H11NO/c16-10-13(11-17)15-9-5-4-8-14(15)12-6-2-1-3-7-12/h1-9,11,13H. The summed E-state index contributed by atoms with van der Waals surface area (Å²) in [6.07, 6.45) is 0.682. The number of aldehydes is 1. The Balaban J connectivity index is 2.56. The van der Waals surface area contributed by atoms with Crippen LogP contribution in [-0.2, 0) is 4.79 Å². The lowest BCUT2D eigenvalue weighted by Crippen LogP contribution is -1.99. The van der Waals surface area contributed by atoms with E-state index in [1.54, 1.807) is 0 Å². The molecule has 1 atom stereocenters. The molecule has 0 saturated carbocycles. The number of carbonyl (C=O) groups is 1. The van der Waals surface area contributed by atoms with Gasteiger partial charge in [0.25, 0.3) is 0 Å². The normalized spacial score (nSPS) is 11.5. The molecule has 2 aromatic carbocycles. The Hall–Kier alpha value is -2.40. The molecule has 0 aliphatic rings. The molecule has 0 N–H and O–H groups in total. The van der Waals surface area contributed by atoms with Crippen molar-refractivity contribution in [2.24, 2.45) is 0 Å². The maximum atomic E-state index is 10.9. The van der Waals surface area contributed by atoms with E-state index in [2.05, 4.69) is 0 Å². The molecule has 0 aliphatic carbocycles. The van der Waals surface area contributed by atoms with Gasteiger partial charge < -0.3 is 4.79 Å². The minimum Gasteiger partial charge on any atom is -0.302 e. The molecule has 0 amide bonds. The Morgan fingerprint density at radius 3 is 2.29 bits per heavy atom. The van der Waals surface area contributed by atoms with Gasteiger partial charge in [-0.25, -0.2) is 0 Å². The summed E-state index contributed by atoms with van der Waals surface area (Å²) in [7, 11) is 0. The summed E-state index contributed by atoms with van der Waals surface area (Å²) in [5.74, 6) is -0.702. The van der Waals surface area contributed by atoms with Gasteiger partial charge in [-0.1, -0.05) is 54.6 Å². The SMILES string of the molecule is N#CC(C=O)c1ccccc1-c1ccccc1. The van der Waals surface area contributed by atoms with Crippen molar-refractivity contribution in [3.63, 3.8) is 0 Å². The van der Waals surface area contributed by atoms with Crippen LogP contribution in [0.1, 0.15) is 11.5 Å². The van der Waals surface area contributed by atoms with Gasteiger partial charge >= 0.3 is 0 Å². The smallest absolute Gasteiger partial charge is 0.141 e. The monoisotopic (exact) mass is 221 g/mol. The summed E-state index contributed by atoms with van der Waals surface area (Å²) in [4.78, 5) is 10.9. The van der Waals surface area contributed by atoms with Gasteiger partial charge in [0.05, 0.1) is 6.07 Å². The van der Waals surface area contributed by atoms with Crippen molar-refractivity contribution in [2.75, 3.05) is 0 Å². The van der Waals surface area contributed by atoms with Gasteiger partial charge in [0.2, 0.25) is 0 Å². The van der Waals surface area contributed by atoms with Gasteiger partial charge in [-0.2, -0.15) is 5.26 Å². The minimum atomic E-state index is -0.702. The van der Waals surface area contributed by atoms with E-state index in [1.807, 2.05) is 60.7 Å². The molecular weight excluding hydrogens is 210 g/mol. The van der Waals surface area contributed by atoms with Crippen molar-refractivity contribution in [1.82, 2.24) is 0 Å². The average Bonchev–Trinajstić information content (AvgIpc) is 2.42. The maximum Gasteiger partial charge on any atom is 0.141 e. The van der Waals surface area contributed by atoms with E-state index in [-0.39, 0.29) is 0 Å². The van der Waals surface area contributed by atoms with Crippen LogP contribution in [0.25, 0.3) is 11.1 Å². The average molecular weight is 221 g/mol. The quantitative estimate of drug-likeness (QED) is 0.747. The van der Waals surface area contributed by atoms with Crippen molar-refractivity contribution in [2.45, 2.75) is 5.92 Å². The number of carbonyl (C=O) groups excluding carboxylic acids is 1. The summed E-state index contributed by atoms with van der Waals surface area (Å²) in [5.41, 5.74) is 2.72. The predicted octanol–water partition coefficient (Wildman–Crippen LogP) is 3.16. The van der Waals surface area contributed by atoms with Gasteiger partial charge in [-0.05, 0) is 16.7 Å². The highest BCUT2D eigenvalue weighted by molar-refractivity contribution is 5.76. The van der Waals surface area contributed by atoms with Gasteiger partial charge in [0.15, 0.2) is 0 Å². The van der Waals surface area contributed by atoms with E-state index in [4.69, 9.17) is 5.26 Å². The molecule has 1 unspecified atom stereocenters. The van der Waals surface area contributed by atoms with Crippen molar-refractivity contribution in [3.8, 4) is 17.2 Å². The first kappa shape index (κ1) is 11.1. The van der Waals surface area contributed by atoms with Crippen LogP contribution in [0.3, 0.4) is 0 Å². The second-order valence-corrected chi connectivity index (χ2v) is 3.70. The zero-order valence-electron chi connectivity index (χ0n) is 9.21. The van der Waals surface area contributed by atoms with Gasteiger partial charge in [0.1, 0.15) is 12.2 Å². The van der Waals surface area contributed by atoms with Crippen LogP contribution in [-0.4, -0.2) is 6.29 Å². The molecule has 2 heteroatoms. The Morgan fingerprint density at radius 2 is 1.65 bits per heavy atom. The molecule has 2 aromatic rings. The van der Waals surface area contributed by atoms with Crippen molar-refractivity contribution in [1.29, 1.82) is 5.26 Å². The van der Waals surface area contributed by atoms with Crippen LogP contribution < -0.4 is 0 Å². The third-order valence-electron chi connectivity index (χ3n) is 2.66. The molecule has 17 heavy (non-hydrogen) atoms. The van der Waals surface area contributed by atoms with E-state index in [9.17, 15) is 4.79 Å². The topological polar surface area (TPSA) is 40.9 Å². The fourth-order valence-electron chi connectivity index (χ4n) is 1.82.